The van der Waals surface area contributed by atoms with Crippen LogP contribution in [-0.4, -0.2) is 35.2 Å². The predicted octanol–water partition coefficient (Wildman–Crippen LogP) is 4.46. The molecule has 0 fully saturated rings. The molecule has 0 bridgehead atoms. The average Bonchev–Trinajstić information content (AvgIpc) is 2.93. The number of esters is 1. The summed E-state index contributed by atoms with van der Waals surface area (Å²) in [6, 6.07) is 5.86. The van der Waals surface area contributed by atoms with Crippen LogP contribution in [-0.2, 0) is 9.53 Å². The summed E-state index contributed by atoms with van der Waals surface area (Å²) in [5, 5.41) is 0. The Morgan fingerprint density at radius 3 is 2.28 bits per heavy atom. The molecule has 1 aromatic carbocycles. The van der Waals surface area contributed by atoms with E-state index in [0.29, 0.717) is 22.6 Å². The lowest BCUT2D eigenvalue weighted by Gasteiger charge is -2.16. The summed E-state index contributed by atoms with van der Waals surface area (Å²) in [5.41, 5.74) is 4.01. The van der Waals surface area contributed by atoms with Crippen molar-refractivity contribution in [2.45, 2.75) is 60.5 Å². The Balaban J connectivity index is 2.05. The Kier molecular flexibility index (Phi) is 7.01. The van der Waals surface area contributed by atoms with E-state index in [2.05, 4.69) is 4.98 Å². The van der Waals surface area contributed by atoms with Gasteiger partial charge in [0.05, 0.1) is 5.69 Å². The van der Waals surface area contributed by atoms with Gasteiger partial charge in [-0.3, -0.25) is 9.59 Å². The van der Waals surface area contributed by atoms with E-state index in [1.165, 1.54) is 13.8 Å². The first-order valence-corrected chi connectivity index (χ1v) is 9.70. The zero-order chi connectivity index (χ0) is 21.9. The number of aryl methyl sites for hydroxylation is 2. The van der Waals surface area contributed by atoms with Crippen LogP contribution in [0.25, 0.3) is 0 Å². The van der Waals surface area contributed by atoms with Gasteiger partial charge in [0, 0.05) is 11.3 Å². The van der Waals surface area contributed by atoms with Gasteiger partial charge < -0.3 is 14.5 Å². The summed E-state index contributed by atoms with van der Waals surface area (Å²) < 4.78 is 10.9. The van der Waals surface area contributed by atoms with Gasteiger partial charge in [0.2, 0.25) is 5.78 Å². The first-order chi connectivity index (χ1) is 13.5. The molecule has 1 aromatic heterocycles. The molecular formula is C23H29NO5. The van der Waals surface area contributed by atoms with Crippen LogP contribution >= 0.6 is 0 Å². The summed E-state index contributed by atoms with van der Waals surface area (Å²) in [7, 11) is 0. The van der Waals surface area contributed by atoms with Crippen LogP contribution in [0.2, 0.25) is 0 Å². The molecule has 156 valence electrons. The molecule has 0 aliphatic heterocycles. The molecule has 1 atom stereocenters. The van der Waals surface area contributed by atoms with Crippen molar-refractivity contribution in [3.63, 3.8) is 0 Å². The van der Waals surface area contributed by atoms with Gasteiger partial charge in [0.15, 0.2) is 18.5 Å². The van der Waals surface area contributed by atoms with Crippen molar-refractivity contribution in [1.29, 1.82) is 0 Å². The van der Waals surface area contributed by atoms with Gasteiger partial charge in [-0.1, -0.05) is 26.0 Å². The summed E-state index contributed by atoms with van der Waals surface area (Å²) >= 11 is 0. The molecule has 0 radical (unpaired) electrons. The highest BCUT2D eigenvalue weighted by molar-refractivity contribution is 6.05. The van der Waals surface area contributed by atoms with Crippen molar-refractivity contribution in [2.75, 3.05) is 6.61 Å². The van der Waals surface area contributed by atoms with E-state index in [1.54, 1.807) is 13.8 Å². The van der Waals surface area contributed by atoms with Crippen molar-refractivity contribution in [3.05, 3.63) is 51.8 Å². The number of carbonyl (C=O) groups is 3. The van der Waals surface area contributed by atoms with Crippen LogP contribution in [0.1, 0.15) is 76.8 Å². The molecular weight excluding hydrogens is 370 g/mol. The topological polar surface area (TPSA) is 85.5 Å². The molecule has 29 heavy (non-hydrogen) atoms. The molecule has 2 aromatic rings. The quantitative estimate of drug-likeness (QED) is 0.523. The Morgan fingerprint density at radius 2 is 1.72 bits per heavy atom. The highest BCUT2D eigenvalue weighted by atomic mass is 16.6. The number of ketones is 2. The van der Waals surface area contributed by atoms with Crippen molar-refractivity contribution in [2.24, 2.45) is 0 Å². The summed E-state index contributed by atoms with van der Waals surface area (Å²) in [4.78, 5) is 39.6. The number of carbonyl (C=O) groups excluding carboxylic acids is 3. The summed E-state index contributed by atoms with van der Waals surface area (Å²) in [5.74, 6) is -0.248. The van der Waals surface area contributed by atoms with Crippen molar-refractivity contribution in [3.8, 4) is 5.75 Å². The molecule has 6 heteroatoms. The van der Waals surface area contributed by atoms with Crippen LogP contribution in [0.4, 0.5) is 0 Å². The molecule has 0 saturated carbocycles. The monoisotopic (exact) mass is 399 g/mol. The number of hydrogen-bond acceptors (Lipinski definition) is 5. The maximum atomic E-state index is 12.7. The molecule has 1 unspecified atom stereocenters. The SMILES string of the molecule is CC(=O)c1c(C)[nH]c(C(=O)C(C)OC(=O)COc2cc(C)ccc2C(C)C)c1C. The van der Waals surface area contributed by atoms with E-state index in [-0.39, 0.29) is 29.8 Å². The Hall–Kier alpha value is -2.89. The smallest absolute Gasteiger partial charge is 0.344 e. The normalized spacial score (nSPS) is 12.0. The molecule has 0 spiro atoms. The van der Waals surface area contributed by atoms with Crippen LogP contribution in [0, 0.1) is 20.8 Å². The van der Waals surface area contributed by atoms with Crippen molar-refractivity contribution in [1.82, 2.24) is 4.98 Å². The van der Waals surface area contributed by atoms with Crippen LogP contribution in [0.3, 0.4) is 0 Å². The molecule has 2 rings (SSSR count). The number of ether oxygens (including phenoxy) is 2. The van der Waals surface area contributed by atoms with Gasteiger partial charge in [0.25, 0.3) is 0 Å². The fourth-order valence-corrected chi connectivity index (χ4v) is 3.39. The van der Waals surface area contributed by atoms with Crippen molar-refractivity contribution < 1.29 is 23.9 Å². The number of rotatable bonds is 8. The minimum absolute atomic E-state index is 0.118. The van der Waals surface area contributed by atoms with E-state index in [4.69, 9.17) is 9.47 Å². The van der Waals surface area contributed by atoms with E-state index < -0.39 is 12.1 Å². The second-order valence-corrected chi connectivity index (χ2v) is 7.66. The number of benzene rings is 1. The standard InChI is InChI=1S/C23H29NO5/c1-12(2)18-9-8-13(3)10-19(18)28-11-20(26)29-17(7)23(27)22-14(4)21(16(6)25)15(5)24-22/h8-10,12,17,24H,11H2,1-7H3. The Bertz CT molecular complexity index is 939. The first kappa shape index (κ1) is 22.4. The maximum absolute atomic E-state index is 12.7. The number of H-pyrrole nitrogens is 1. The van der Waals surface area contributed by atoms with Gasteiger partial charge >= 0.3 is 5.97 Å². The fourth-order valence-electron chi connectivity index (χ4n) is 3.39. The minimum atomic E-state index is -0.996. The third-order valence-electron chi connectivity index (χ3n) is 4.85. The number of Topliss-reactive ketones (excluding diaryl/α,β-unsaturated/α-hetero) is 2. The Labute approximate surface area is 171 Å². The molecule has 0 aliphatic rings. The summed E-state index contributed by atoms with van der Waals surface area (Å²) in [6.07, 6.45) is -0.996. The maximum Gasteiger partial charge on any atom is 0.344 e. The van der Waals surface area contributed by atoms with Gasteiger partial charge in [-0.25, -0.2) is 4.79 Å². The molecule has 0 saturated heterocycles. The van der Waals surface area contributed by atoms with E-state index in [0.717, 1.165) is 11.1 Å². The van der Waals surface area contributed by atoms with E-state index in [1.807, 2.05) is 39.0 Å². The minimum Gasteiger partial charge on any atom is -0.482 e. The van der Waals surface area contributed by atoms with Gasteiger partial charge in [0.1, 0.15) is 5.75 Å². The van der Waals surface area contributed by atoms with Gasteiger partial charge in [-0.2, -0.15) is 0 Å². The third kappa shape index (κ3) is 5.13. The molecule has 1 N–H and O–H groups in total. The lowest BCUT2D eigenvalue weighted by atomic mass is 10.0. The molecule has 0 amide bonds. The van der Waals surface area contributed by atoms with E-state index in [9.17, 15) is 14.4 Å². The van der Waals surface area contributed by atoms with E-state index >= 15 is 0 Å². The second-order valence-electron chi connectivity index (χ2n) is 7.66. The van der Waals surface area contributed by atoms with Crippen LogP contribution in [0.5, 0.6) is 5.75 Å². The molecule has 1 heterocycles. The van der Waals surface area contributed by atoms with Gasteiger partial charge in [-0.15, -0.1) is 0 Å². The number of aromatic nitrogens is 1. The summed E-state index contributed by atoms with van der Waals surface area (Å²) in [6.45, 7) is 12.2. The number of nitrogens with one attached hydrogen (secondary N) is 1. The number of hydrogen-bond donors (Lipinski definition) is 1. The highest BCUT2D eigenvalue weighted by Gasteiger charge is 2.26. The molecule has 6 nitrogen and oxygen atoms in total. The lowest BCUT2D eigenvalue weighted by Crippen LogP contribution is -2.28. The zero-order valence-electron chi connectivity index (χ0n) is 18.1. The van der Waals surface area contributed by atoms with Crippen LogP contribution in [0.15, 0.2) is 18.2 Å². The lowest BCUT2D eigenvalue weighted by molar-refractivity contribution is -0.148. The second kappa shape index (κ2) is 9.07. The largest absolute Gasteiger partial charge is 0.482 e. The van der Waals surface area contributed by atoms with Crippen molar-refractivity contribution >= 4 is 17.5 Å². The first-order valence-electron chi connectivity index (χ1n) is 9.70. The zero-order valence-corrected chi connectivity index (χ0v) is 18.1. The Morgan fingerprint density at radius 1 is 1.07 bits per heavy atom. The average molecular weight is 399 g/mol. The van der Waals surface area contributed by atoms with Gasteiger partial charge in [-0.05, 0) is 63.3 Å². The predicted molar refractivity (Wildman–Crippen MR) is 111 cm³/mol. The molecule has 0 aliphatic carbocycles. The van der Waals surface area contributed by atoms with Crippen LogP contribution < -0.4 is 4.74 Å². The number of aromatic amines is 1. The fraction of sp³-hybridized carbons (Fsp3) is 0.435. The highest BCUT2D eigenvalue weighted by Crippen LogP contribution is 2.27. The third-order valence-corrected chi connectivity index (χ3v) is 4.85.